The van der Waals surface area contributed by atoms with Crippen molar-refractivity contribution in [3.63, 3.8) is 0 Å². The average molecular weight is 328 g/mol. The van der Waals surface area contributed by atoms with Gasteiger partial charge in [-0.25, -0.2) is 4.99 Å². The summed E-state index contributed by atoms with van der Waals surface area (Å²) in [6.45, 7) is 5.08. The van der Waals surface area contributed by atoms with E-state index >= 15 is 0 Å². The number of hydrogen-bond donors (Lipinski definition) is 1. The number of halogens is 1. The number of benzene rings is 1. The number of rotatable bonds is 7. The Labute approximate surface area is 135 Å². The summed E-state index contributed by atoms with van der Waals surface area (Å²) in [5.41, 5.74) is 6.56. The standard InChI is InChI=1S/C15H22ClN3O3/c1-5-19(6-2)15(20)10-7-11(18-13(17)9-16)14(22-4)12(8-10)21-3/h7-8H,5-6,9H2,1-4H3,(H2,17,18). The minimum absolute atomic E-state index is 0.0830. The largest absolute Gasteiger partial charge is 0.493 e. The zero-order valence-corrected chi connectivity index (χ0v) is 14.1. The van der Waals surface area contributed by atoms with E-state index in [0.717, 1.165) is 0 Å². The maximum Gasteiger partial charge on any atom is 0.254 e. The summed E-state index contributed by atoms with van der Waals surface area (Å²) in [6.07, 6.45) is 0. The Morgan fingerprint density at radius 3 is 2.36 bits per heavy atom. The van der Waals surface area contributed by atoms with Crippen molar-refractivity contribution in [1.29, 1.82) is 0 Å². The van der Waals surface area contributed by atoms with Crippen molar-refractivity contribution in [2.24, 2.45) is 10.7 Å². The molecule has 0 aliphatic rings. The van der Waals surface area contributed by atoms with Gasteiger partial charge in [0.1, 0.15) is 11.5 Å². The van der Waals surface area contributed by atoms with Crippen LogP contribution in [0.25, 0.3) is 0 Å². The Balaban J connectivity index is 3.43. The number of amidine groups is 1. The van der Waals surface area contributed by atoms with E-state index < -0.39 is 0 Å². The summed E-state index contributed by atoms with van der Waals surface area (Å²) in [6, 6.07) is 3.26. The lowest BCUT2D eigenvalue weighted by Crippen LogP contribution is -2.30. The molecule has 0 fully saturated rings. The van der Waals surface area contributed by atoms with Gasteiger partial charge in [0.15, 0.2) is 11.5 Å². The van der Waals surface area contributed by atoms with Gasteiger partial charge in [-0.3, -0.25) is 4.79 Å². The molecule has 1 aromatic carbocycles. The highest BCUT2D eigenvalue weighted by atomic mass is 35.5. The van der Waals surface area contributed by atoms with Crippen molar-refractivity contribution in [2.75, 3.05) is 33.2 Å². The minimum atomic E-state index is -0.105. The van der Waals surface area contributed by atoms with Crippen LogP contribution in [-0.2, 0) is 0 Å². The third kappa shape index (κ3) is 4.04. The molecule has 0 aliphatic carbocycles. The lowest BCUT2D eigenvalue weighted by atomic mass is 10.1. The number of amides is 1. The van der Waals surface area contributed by atoms with Gasteiger partial charge in [-0.05, 0) is 26.0 Å². The normalized spacial score (nSPS) is 11.2. The van der Waals surface area contributed by atoms with Gasteiger partial charge in [0.25, 0.3) is 5.91 Å². The summed E-state index contributed by atoms with van der Waals surface area (Å²) in [5, 5.41) is 0. The highest BCUT2D eigenvalue weighted by Gasteiger charge is 2.19. The molecule has 122 valence electrons. The molecule has 0 unspecified atom stereocenters. The van der Waals surface area contributed by atoms with Gasteiger partial charge in [-0.15, -0.1) is 11.6 Å². The second kappa shape index (κ2) is 8.48. The van der Waals surface area contributed by atoms with E-state index in [-0.39, 0.29) is 17.6 Å². The van der Waals surface area contributed by atoms with E-state index in [2.05, 4.69) is 4.99 Å². The molecule has 1 rings (SSSR count). The molecule has 1 aromatic rings. The molecular formula is C15H22ClN3O3. The van der Waals surface area contributed by atoms with Crippen LogP contribution < -0.4 is 15.2 Å². The summed E-state index contributed by atoms with van der Waals surface area (Å²) >= 11 is 5.67. The second-order valence-corrected chi connectivity index (χ2v) is 4.71. The molecule has 1 amide bonds. The summed E-state index contributed by atoms with van der Waals surface area (Å²) in [5.74, 6) is 1.04. The van der Waals surface area contributed by atoms with Crippen molar-refractivity contribution in [2.45, 2.75) is 13.8 Å². The number of nitrogens with two attached hydrogens (primary N) is 1. The van der Waals surface area contributed by atoms with Gasteiger partial charge >= 0.3 is 0 Å². The molecule has 0 saturated carbocycles. The number of alkyl halides is 1. The Hall–Kier alpha value is -1.95. The van der Waals surface area contributed by atoms with E-state index in [1.54, 1.807) is 17.0 Å². The van der Waals surface area contributed by atoms with Gasteiger partial charge in [-0.1, -0.05) is 0 Å². The zero-order chi connectivity index (χ0) is 16.7. The average Bonchev–Trinajstić information content (AvgIpc) is 2.54. The Morgan fingerprint density at radius 2 is 1.91 bits per heavy atom. The van der Waals surface area contributed by atoms with Gasteiger partial charge in [0, 0.05) is 18.7 Å². The fourth-order valence-electron chi connectivity index (χ4n) is 2.03. The van der Waals surface area contributed by atoms with Gasteiger partial charge in [0.2, 0.25) is 0 Å². The predicted molar refractivity (Wildman–Crippen MR) is 88.8 cm³/mol. The molecule has 7 heteroatoms. The Kier molecular flexibility index (Phi) is 6.98. The van der Waals surface area contributed by atoms with Crippen LogP contribution in [0.2, 0.25) is 0 Å². The quantitative estimate of drug-likeness (QED) is 0.474. The van der Waals surface area contributed by atoms with Crippen LogP contribution in [0.3, 0.4) is 0 Å². The van der Waals surface area contributed by atoms with Crippen molar-refractivity contribution in [1.82, 2.24) is 4.90 Å². The fraction of sp³-hybridized carbons (Fsp3) is 0.467. The maximum absolute atomic E-state index is 12.5. The van der Waals surface area contributed by atoms with Crippen molar-refractivity contribution in [3.8, 4) is 11.5 Å². The molecule has 0 radical (unpaired) electrons. The molecule has 22 heavy (non-hydrogen) atoms. The van der Waals surface area contributed by atoms with Crippen LogP contribution >= 0.6 is 11.6 Å². The number of carbonyl (C=O) groups is 1. The maximum atomic E-state index is 12.5. The number of carbonyl (C=O) groups excluding carboxylic acids is 1. The molecule has 0 saturated heterocycles. The van der Waals surface area contributed by atoms with Crippen molar-refractivity contribution in [3.05, 3.63) is 17.7 Å². The first-order valence-electron chi connectivity index (χ1n) is 6.96. The Bertz CT molecular complexity index is 557. The number of nitrogens with zero attached hydrogens (tertiary/aromatic N) is 2. The van der Waals surface area contributed by atoms with Crippen molar-refractivity contribution >= 4 is 29.0 Å². The third-order valence-electron chi connectivity index (χ3n) is 3.16. The monoisotopic (exact) mass is 327 g/mol. The first-order valence-corrected chi connectivity index (χ1v) is 7.50. The van der Waals surface area contributed by atoms with E-state index in [0.29, 0.717) is 35.8 Å². The molecule has 0 heterocycles. The van der Waals surface area contributed by atoms with Gasteiger partial charge in [0.05, 0.1) is 20.1 Å². The van der Waals surface area contributed by atoms with Crippen LogP contribution in [0.15, 0.2) is 17.1 Å². The van der Waals surface area contributed by atoms with E-state index in [9.17, 15) is 4.79 Å². The third-order valence-corrected chi connectivity index (χ3v) is 3.43. The Morgan fingerprint density at radius 1 is 1.27 bits per heavy atom. The summed E-state index contributed by atoms with van der Waals surface area (Å²) in [4.78, 5) is 18.4. The molecule has 0 aromatic heterocycles. The number of hydrogen-bond acceptors (Lipinski definition) is 4. The van der Waals surface area contributed by atoms with E-state index in [4.69, 9.17) is 26.8 Å². The SMILES string of the molecule is CCN(CC)C(=O)c1cc(N=C(N)CCl)c(OC)c(OC)c1. The number of aliphatic imine (C=N–C) groups is 1. The fourth-order valence-corrected chi connectivity index (χ4v) is 2.09. The first-order chi connectivity index (χ1) is 10.5. The van der Waals surface area contributed by atoms with Crippen LogP contribution in [0.1, 0.15) is 24.2 Å². The molecule has 2 N–H and O–H groups in total. The van der Waals surface area contributed by atoms with Crippen LogP contribution in [0.5, 0.6) is 11.5 Å². The smallest absolute Gasteiger partial charge is 0.254 e. The molecule has 0 atom stereocenters. The van der Waals surface area contributed by atoms with Crippen LogP contribution in [0, 0.1) is 0 Å². The lowest BCUT2D eigenvalue weighted by Gasteiger charge is -2.20. The van der Waals surface area contributed by atoms with Crippen molar-refractivity contribution < 1.29 is 14.3 Å². The van der Waals surface area contributed by atoms with E-state index in [1.165, 1.54) is 14.2 Å². The number of methoxy groups -OCH3 is 2. The highest BCUT2D eigenvalue weighted by molar-refractivity contribution is 6.28. The molecular weight excluding hydrogens is 306 g/mol. The zero-order valence-electron chi connectivity index (χ0n) is 13.4. The lowest BCUT2D eigenvalue weighted by molar-refractivity contribution is 0.0772. The van der Waals surface area contributed by atoms with Gasteiger partial charge < -0.3 is 20.1 Å². The molecule has 0 spiro atoms. The highest BCUT2D eigenvalue weighted by Crippen LogP contribution is 2.38. The molecule has 0 bridgehead atoms. The van der Waals surface area contributed by atoms with E-state index in [1.807, 2.05) is 13.8 Å². The molecule has 0 aliphatic heterocycles. The minimum Gasteiger partial charge on any atom is -0.493 e. The number of ether oxygens (including phenoxy) is 2. The molecule has 6 nitrogen and oxygen atoms in total. The van der Waals surface area contributed by atoms with Crippen LogP contribution in [-0.4, -0.2) is 49.8 Å². The van der Waals surface area contributed by atoms with Gasteiger partial charge in [-0.2, -0.15) is 0 Å². The topological polar surface area (TPSA) is 77.2 Å². The van der Waals surface area contributed by atoms with Crippen LogP contribution in [0.4, 0.5) is 5.69 Å². The second-order valence-electron chi connectivity index (χ2n) is 4.45. The summed E-state index contributed by atoms with van der Waals surface area (Å²) in [7, 11) is 3.00. The predicted octanol–water partition coefficient (Wildman–Crippen LogP) is 2.41. The summed E-state index contributed by atoms with van der Waals surface area (Å²) < 4.78 is 10.6. The first kappa shape index (κ1) is 18.1.